The standard InChI is InChI=1S/C25H18F3N3O4S/c1-33-22-11-16-20(12-23(22)34-2)29-8-7-21(16)35-14-4-6-19(18(28)10-14)30-25(36)31-24(32)15-5-3-13(26)9-17(15)27/h3-12H,1-2H3,(H2,30,31,32,36). The number of pyridine rings is 1. The van der Waals surface area contributed by atoms with Crippen molar-refractivity contribution in [3.8, 4) is 23.0 Å². The van der Waals surface area contributed by atoms with Gasteiger partial charge in [0.15, 0.2) is 16.6 Å². The van der Waals surface area contributed by atoms with E-state index in [0.29, 0.717) is 34.2 Å². The number of aromatic nitrogens is 1. The van der Waals surface area contributed by atoms with Crippen LogP contribution >= 0.6 is 12.2 Å². The molecule has 4 aromatic rings. The molecule has 36 heavy (non-hydrogen) atoms. The van der Waals surface area contributed by atoms with Crippen molar-refractivity contribution in [1.29, 1.82) is 0 Å². The molecule has 0 spiro atoms. The average Bonchev–Trinajstić information content (AvgIpc) is 2.84. The molecule has 0 fully saturated rings. The van der Waals surface area contributed by atoms with E-state index in [0.717, 1.165) is 18.2 Å². The molecule has 1 heterocycles. The molecule has 2 N–H and O–H groups in total. The second-order valence-corrected chi connectivity index (χ2v) is 7.72. The van der Waals surface area contributed by atoms with E-state index in [1.807, 2.05) is 0 Å². The zero-order valence-electron chi connectivity index (χ0n) is 18.9. The molecule has 0 saturated carbocycles. The molecule has 0 aliphatic rings. The van der Waals surface area contributed by atoms with Crippen LogP contribution in [-0.2, 0) is 0 Å². The van der Waals surface area contributed by atoms with E-state index in [4.69, 9.17) is 26.4 Å². The van der Waals surface area contributed by atoms with Crippen molar-refractivity contribution in [3.05, 3.63) is 83.8 Å². The number of nitrogens with one attached hydrogen (secondary N) is 2. The van der Waals surface area contributed by atoms with E-state index < -0.39 is 28.9 Å². The maximum Gasteiger partial charge on any atom is 0.260 e. The van der Waals surface area contributed by atoms with Crippen LogP contribution in [0, 0.1) is 17.5 Å². The lowest BCUT2D eigenvalue weighted by Gasteiger charge is -2.14. The molecule has 0 atom stereocenters. The Morgan fingerprint density at radius 1 is 0.889 bits per heavy atom. The van der Waals surface area contributed by atoms with E-state index in [1.165, 1.54) is 26.4 Å². The summed E-state index contributed by atoms with van der Waals surface area (Å²) in [5.74, 6) is -1.95. The van der Waals surface area contributed by atoms with Gasteiger partial charge in [0.05, 0.1) is 31.0 Å². The van der Waals surface area contributed by atoms with Crippen LogP contribution in [0.2, 0.25) is 0 Å². The molecular weight excluding hydrogens is 495 g/mol. The summed E-state index contributed by atoms with van der Waals surface area (Å²) < 4.78 is 58.1. The Morgan fingerprint density at radius 2 is 1.64 bits per heavy atom. The topological polar surface area (TPSA) is 81.7 Å². The van der Waals surface area contributed by atoms with Crippen molar-refractivity contribution in [1.82, 2.24) is 10.3 Å². The third-order valence-electron chi connectivity index (χ3n) is 5.03. The Hall–Kier alpha value is -4.38. The minimum Gasteiger partial charge on any atom is -0.493 e. The quantitative estimate of drug-likeness (QED) is 0.326. The molecule has 1 amide bonds. The summed E-state index contributed by atoms with van der Waals surface area (Å²) in [6, 6.07) is 11.5. The van der Waals surface area contributed by atoms with Gasteiger partial charge >= 0.3 is 0 Å². The van der Waals surface area contributed by atoms with Crippen LogP contribution in [0.1, 0.15) is 10.4 Å². The largest absolute Gasteiger partial charge is 0.493 e. The van der Waals surface area contributed by atoms with Gasteiger partial charge in [0.1, 0.15) is 29.0 Å². The number of thiocarbonyl (C=S) groups is 1. The molecule has 0 saturated heterocycles. The Bertz CT molecular complexity index is 1480. The number of carbonyl (C=O) groups excluding carboxylic acids is 1. The molecule has 11 heteroatoms. The Balaban J connectivity index is 1.49. The first-order valence-corrected chi connectivity index (χ1v) is 10.8. The van der Waals surface area contributed by atoms with Crippen molar-refractivity contribution in [3.63, 3.8) is 0 Å². The zero-order chi connectivity index (χ0) is 25.8. The number of anilines is 1. The molecule has 0 radical (unpaired) electrons. The summed E-state index contributed by atoms with van der Waals surface area (Å²) in [6.45, 7) is 0. The molecule has 0 unspecified atom stereocenters. The maximum absolute atomic E-state index is 14.7. The summed E-state index contributed by atoms with van der Waals surface area (Å²) in [4.78, 5) is 16.5. The second kappa shape index (κ2) is 10.5. The van der Waals surface area contributed by atoms with Gasteiger partial charge in [-0.2, -0.15) is 0 Å². The van der Waals surface area contributed by atoms with E-state index in [1.54, 1.807) is 24.4 Å². The summed E-state index contributed by atoms with van der Waals surface area (Å²) in [5, 5.41) is 5.08. The molecule has 184 valence electrons. The van der Waals surface area contributed by atoms with Gasteiger partial charge in [-0.25, -0.2) is 13.2 Å². The van der Waals surface area contributed by atoms with Crippen molar-refractivity contribution in [2.75, 3.05) is 19.5 Å². The average molecular weight is 513 g/mol. The number of fused-ring (bicyclic) bond motifs is 1. The number of methoxy groups -OCH3 is 2. The van der Waals surface area contributed by atoms with Crippen LogP contribution in [0.25, 0.3) is 10.9 Å². The van der Waals surface area contributed by atoms with Crippen LogP contribution < -0.4 is 24.8 Å². The fraction of sp³-hybridized carbons (Fsp3) is 0.0800. The minimum atomic E-state index is -1.05. The fourth-order valence-electron chi connectivity index (χ4n) is 3.32. The molecule has 0 aliphatic heterocycles. The zero-order valence-corrected chi connectivity index (χ0v) is 19.7. The SMILES string of the molecule is COc1cc2nccc(Oc3ccc(NC(=S)NC(=O)c4ccc(F)cc4F)c(F)c3)c2cc1OC. The monoisotopic (exact) mass is 513 g/mol. The number of amides is 1. The summed E-state index contributed by atoms with van der Waals surface area (Å²) in [7, 11) is 3.02. The van der Waals surface area contributed by atoms with Crippen molar-refractivity contribution < 1.29 is 32.2 Å². The molecular formula is C25H18F3N3O4S. The van der Waals surface area contributed by atoms with E-state index in [-0.39, 0.29) is 16.5 Å². The number of carbonyl (C=O) groups is 1. The fourth-order valence-corrected chi connectivity index (χ4v) is 3.52. The Kier molecular flexibility index (Phi) is 7.20. The molecule has 3 aromatic carbocycles. The first-order valence-electron chi connectivity index (χ1n) is 10.3. The third-order valence-corrected chi connectivity index (χ3v) is 5.23. The van der Waals surface area contributed by atoms with Crippen LogP contribution in [0.4, 0.5) is 18.9 Å². The first-order chi connectivity index (χ1) is 17.3. The predicted octanol–water partition coefficient (Wildman–Crippen LogP) is 5.59. The van der Waals surface area contributed by atoms with Gasteiger partial charge in [0.2, 0.25) is 0 Å². The third kappa shape index (κ3) is 5.31. The normalized spacial score (nSPS) is 10.6. The van der Waals surface area contributed by atoms with E-state index >= 15 is 0 Å². The number of benzene rings is 3. The molecule has 7 nitrogen and oxygen atoms in total. The highest BCUT2D eigenvalue weighted by atomic mass is 32.1. The van der Waals surface area contributed by atoms with Crippen molar-refractivity contribution >= 4 is 39.8 Å². The lowest BCUT2D eigenvalue weighted by Crippen LogP contribution is -2.34. The smallest absolute Gasteiger partial charge is 0.260 e. The Labute approximate surface area is 208 Å². The van der Waals surface area contributed by atoms with E-state index in [9.17, 15) is 18.0 Å². The lowest BCUT2D eigenvalue weighted by atomic mass is 10.2. The number of nitrogens with zero attached hydrogens (tertiary/aromatic N) is 1. The Morgan fingerprint density at radius 3 is 2.33 bits per heavy atom. The number of rotatable bonds is 6. The highest BCUT2D eigenvalue weighted by Crippen LogP contribution is 2.37. The highest BCUT2D eigenvalue weighted by Gasteiger charge is 2.16. The molecule has 0 aliphatic carbocycles. The summed E-state index contributed by atoms with van der Waals surface area (Å²) in [6.07, 6.45) is 1.54. The van der Waals surface area contributed by atoms with Crippen molar-refractivity contribution in [2.24, 2.45) is 0 Å². The van der Waals surface area contributed by atoms with Gasteiger partial charge in [-0.15, -0.1) is 0 Å². The van der Waals surface area contributed by atoms with Crippen LogP contribution in [0.15, 0.2) is 60.8 Å². The second-order valence-electron chi connectivity index (χ2n) is 7.31. The highest BCUT2D eigenvalue weighted by molar-refractivity contribution is 7.80. The number of ether oxygens (including phenoxy) is 3. The van der Waals surface area contributed by atoms with E-state index in [2.05, 4.69) is 15.6 Å². The molecule has 4 rings (SSSR count). The lowest BCUT2D eigenvalue weighted by molar-refractivity contribution is 0.0973. The van der Waals surface area contributed by atoms with Gasteiger partial charge in [-0.05, 0) is 48.6 Å². The minimum absolute atomic E-state index is 0.0572. The van der Waals surface area contributed by atoms with Crippen LogP contribution in [0.5, 0.6) is 23.0 Å². The van der Waals surface area contributed by atoms with Gasteiger partial charge in [0.25, 0.3) is 5.91 Å². The van der Waals surface area contributed by atoms with Gasteiger partial charge in [0, 0.05) is 29.8 Å². The van der Waals surface area contributed by atoms with Gasteiger partial charge < -0.3 is 19.5 Å². The number of halogens is 3. The first kappa shape index (κ1) is 24.7. The van der Waals surface area contributed by atoms with Crippen molar-refractivity contribution in [2.45, 2.75) is 0 Å². The van der Waals surface area contributed by atoms with Crippen LogP contribution in [-0.4, -0.2) is 30.2 Å². The van der Waals surface area contributed by atoms with Crippen LogP contribution in [0.3, 0.4) is 0 Å². The summed E-state index contributed by atoms with van der Waals surface area (Å²) >= 11 is 5.01. The number of hydrogen-bond acceptors (Lipinski definition) is 6. The predicted molar refractivity (Wildman–Crippen MR) is 131 cm³/mol. The van der Waals surface area contributed by atoms with Gasteiger partial charge in [-0.1, -0.05) is 0 Å². The summed E-state index contributed by atoms with van der Waals surface area (Å²) in [5.41, 5.74) is 0.115. The van der Waals surface area contributed by atoms with Gasteiger partial charge in [-0.3, -0.25) is 15.1 Å². The maximum atomic E-state index is 14.7. The molecule has 0 bridgehead atoms. The number of hydrogen-bond donors (Lipinski definition) is 2. The molecule has 1 aromatic heterocycles.